The van der Waals surface area contributed by atoms with E-state index < -0.39 is 0 Å². The van der Waals surface area contributed by atoms with Gasteiger partial charge in [0.15, 0.2) is 5.96 Å². The largest absolute Gasteiger partial charge is 0.381 e. The van der Waals surface area contributed by atoms with E-state index in [0.717, 1.165) is 68.7 Å². The molecule has 0 radical (unpaired) electrons. The molecular formula is C22H34IN5O2. The lowest BCUT2D eigenvalue weighted by Crippen LogP contribution is -2.38. The Morgan fingerprint density at radius 2 is 2.00 bits per heavy atom. The molecule has 2 heterocycles. The van der Waals surface area contributed by atoms with Crippen LogP contribution in [0.1, 0.15) is 36.2 Å². The summed E-state index contributed by atoms with van der Waals surface area (Å²) in [7, 11) is 1.79. The first-order valence-electron chi connectivity index (χ1n) is 10.4. The van der Waals surface area contributed by atoms with Gasteiger partial charge in [-0.05, 0) is 50.8 Å². The molecule has 1 saturated heterocycles. The number of nitrogens with one attached hydrogen (secondary N) is 2. The molecule has 1 aromatic carbocycles. The molecule has 0 unspecified atom stereocenters. The summed E-state index contributed by atoms with van der Waals surface area (Å²) >= 11 is 0. The molecule has 0 spiro atoms. The fourth-order valence-electron chi connectivity index (χ4n) is 3.51. The molecule has 7 nitrogen and oxygen atoms in total. The molecule has 3 rings (SSSR count). The van der Waals surface area contributed by atoms with Crippen LogP contribution in [-0.4, -0.2) is 55.3 Å². The third-order valence-electron chi connectivity index (χ3n) is 5.03. The molecule has 1 aliphatic rings. The minimum absolute atomic E-state index is 0. The van der Waals surface area contributed by atoms with Gasteiger partial charge in [0.1, 0.15) is 0 Å². The van der Waals surface area contributed by atoms with Crippen molar-refractivity contribution in [2.24, 2.45) is 4.99 Å². The molecule has 2 aromatic rings. The minimum Gasteiger partial charge on any atom is -0.381 e. The Bertz CT molecular complexity index is 803. The number of rotatable bonds is 8. The van der Waals surface area contributed by atoms with Crippen LogP contribution in [0.15, 0.2) is 35.3 Å². The highest BCUT2D eigenvalue weighted by Crippen LogP contribution is 2.17. The van der Waals surface area contributed by atoms with Gasteiger partial charge in [-0.2, -0.15) is 5.10 Å². The Balaban J connectivity index is 0.00000320. The molecule has 0 atom stereocenters. The van der Waals surface area contributed by atoms with Crippen molar-refractivity contribution in [2.75, 3.05) is 33.4 Å². The van der Waals surface area contributed by atoms with Gasteiger partial charge >= 0.3 is 0 Å². The third-order valence-corrected chi connectivity index (χ3v) is 5.03. The first-order chi connectivity index (χ1) is 14.2. The quantitative estimate of drug-likeness (QED) is 0.239. The zero-order valence-corrected chi connectivity index (χ0v) is 20.5. The Morgan fingerprint density at radius 3 is 2.70 bits per heavy atom. The smallest absolute Gasteiger partial charge is 0.191 e. The Labute approximate surface area is 196 Å². The molecule has 8 heteroatoms. The minimum atomic E-state index is 0. The predicted octanol–water partition coefficient (Wildman–Crippen LogP) is 3.36. The Morgan fingerprint density at radius 1 is 1.23 bits per heavy atom. The van der Waals surface area contributed by atoms with Crippen LogP contribution in [0.2, 0.25) is 0 Å². The highest BCUT2D eigenvalue weighted by Gasteiger charge is 2.13. The number of aryl methyl sites for hydroxylation is 2. The maximum atomic E-state index is 5.92. The van der Waals surface area contributed by atoms with Crippen molar-refractivity contribution in [3.63, 3.8) is 0 Å². The number of guanidine groups is 1. The topological polar surface area (TPSA) is 72.7 Å². The van der Waals surface area contributed by atoms with Crippen LogP contribution in [0, 0.1) is 13.8 Å². The molecule has 1 fully saturated rings. The van der Waals surface area contributed by atoms with Gasteiger partial charge < -0.3 is 20.1 Å². The Hall–Kier alpha value is -1.65. The van der Waals surface area contributed by atoms with E-state index in [1.54, 1.807) is 7.05 Å². The number of ether oxygens (including phenoxy) is 2. The summed E-state index contributed by atoms with van der Waals surface area (Å²) in [4.78, 5) is 4.33. The van der Waals surface area contributed by atoms with E-state index in [-0.39, 0.29) is 24.0 Å². The summed E-state index contributed by atoms with van der Waals surface area (Å²) in [5.41, 5.74) is 4.41. The molecule has 1 aliphatic heterocycles. The van der Waals surface area contributed by atoms with Gasteiger partial charge in [0.05, 0.1) is 17.5 Å². The number of aromatic nitrogens is 2. The maximum Gasteiger partial charge on any atom is 0.191 e. The molecule has 1 aromatic heterocycles. The zero-order valence-electron chi connectivity index (χ0n) is 18.2. The van der Waals surface area contributed by atoms with Crippen LogP contribution >= 0.6 is 24.0 Å². The molecule has 166 valence electrons. The van der Waals surface area contributed by atoms with Crippen molar-refractivity contribution in [3.05, 3.63) is 47.3 Å². The average molecular weight is 527 g/mol. The molecule has 0 saturated carbocycles. The van der Waals surface area contributed by atoms with Gasteiger partial charge in [-0.25, -0.2) is 4.68 Å². The summed E-state index contributed by atoms with van der Waals surface area (Å²) in [5.74, 6) is 0.791. The normalized spacial score (nSPS) is 15.0. The number of hydrogen-bond donors (Lipinski definition) is 2. The van der Waals surface area contributed by atoms with Crippen LogP contribution in [-0.2, 0) is 16.0 Å². The lowest BCUT2D eigenvalue weighted by Gasteiger charge is -2.22. The van der Waals surface area contributed by atoms with E-state index in [9.17, 15) is 0 Å². The number of para-hydroxylation sites is 1. The third kappa shape index (κ3) is 7.24. The number of nitrogens with zero attached hydrogens (tertiary/aromatic N) is 3. The molecule has 30 heavy (non-hydrogen) atoms. The number of aliphatic imine (C=N–C) groups is 1. The first-order valence-corrected chi connectivity index (χ1v) is 10.4. The van der Waals surface area contributed by atoms with Crippen LogP contribution in [0.25, 0.3) is 5.69 Å². The van der Waals surface area contributed by atoms with E-state index in [4.69, 9.17) is 9.47 Å². The van der Waals surface area contributed by atoms with Gasteiger partial charge in [-0.3, -0.25) is 4.99 Å². The molecule has 0 amide bonds. The van der Waals surface area contributed by atoms with E-state index in [1.165, 1.54) is 5.56 Å². The van der Waals surface area contributed by atoms with Crippen molar-refractivity contribution in [2.45, 2.75) is 45.8 Å². The lowest BCUT2D eigenvalue weighted by atomic mass is 10.1. The molecule has 2 N–H and O–H groups in total. The van der Waals surface area contributed by atoms with E-state index in [1.807, 2.05) is 17.7 Å². The predicted molar refractivity (Wildman–Crippen MR) is 131 cm³/mol. The molecule has 0 bridgehead atoms. The highest BCUT2D eigenvalue weighted by atomic mass is 127. The fourth-order valence-corrected chi connectivity index (χ4v) is 3.51. The second kappa shape index (κ2) is 12.9. The van der Waals surface area contributed by atoms with E-state index in [0.29, 0.717) is 12.6 Å². The van der Waals surface area contributed by atoms with Crippen molar-refractivity contribution < 1.29 is 9.47 Å². The summed E-state index contributed by atoms with van der Waals surface area (Å²) < 4.78 is 13.3. The van der Waals surface area contributed by atoms with Gasteiger partial charge in [0.25, 0.3) is 0 Å². The maximum absolute atomic E-state index is 5.92. The van der Waals surface area contributed by atoms with Gasteiger partial charge in [0, 0.05) is 45.7 Å². The van der Waals surface area contributed by atoms with Crippen LogP contribution < -0.4 is 10.6 Å². The van der Waals surface area contributed by atoms with Crippen molar-refractivity contribution in [3.8, 4) is 5.69 Å². The van der Waals surface area contributed by atoms with Gasteiger partial charge in [0.2, 0.25) is 0 Å². The fraction of sp³-hybridized carbons (Fsp3) is 0.545. The molecular weight excluding hydrogens is 493 g/mol. The summed E-state index contributed by atoms with van der Waals surface area (Å²) in [6.45, 7) is 7.98. The van der Waals surface area contributed by atoms with Gasteiger partial charge in [-0.1, -0.05) is 18.2 Å². The summed E-state index contributed by atoms with van der Waals surface area (Å²) in [6.07, 6.45) is 3.31. The second-order valence-corrected chi connectivity index (χ2v) is 7.36. The number of halogens is 1. The van der Waals surface area contributed by atoms with E-state index >= 15 is 0 Å². The monoisotopic (exact) mass is 527 g/mol. The van der Waals surface area contributed by atoms with Crippen LogP contribution in [0.4, 0.5) is 0 Å². The highest BCUT2D eigenvalue weighted by molar-refractivity contribution is 14.0. The number of hydrogen-bond acceptors (Lipinski definition) is 4. The van der Waals surface area contributed by atoms with Crippen molar-refractivity contribution >= 4 is 29.9 Å². The first kappa shape index (κ1) is 24.6. The molecule has 0 aliphatic carbocycles. The SMILES string of the molecule is CN=C(NCCCOC1CCOCC1)NCc1ccccc1-n1nc(C)cc1C.I. The standard InChI is InChI=1S/C22H33N5O2.HI/c1-17-15-18(2)27(26-17)21-8-5-4-7-19(21)16-25-22(23-3)24-11-6-12-29-20-9-13-28-14-10-20;/h4-5,7-8,15,20H,6,9-14,16H2,1-3H3,(H2,23,24,25);1H. The van der Waals surface area contributed by atoms with Crippen molar-refractivity contribution in [1.82, 2.24) is 20.4 Å². The van der Waals surface area contributed by atoms with Crippen LogP contribution in [0.3, 0.4) is 0 Å². The summed E-state index contributed by atoms with van der Waals surface area (Å²) in [6, 6.07) is 10.4. The van der Waals surface area contributed by atoms with Crippen LogP contribution in [0.5, 0.6) is 0 Å². The van der Waals surface area contributed by atoms with Gasteiger partial charge in [-0.15, -0.1) is 24.0 Å². The second-order valence-electron chi connectivity index (χ2n) is 7.36. The van der Waals surface area contributed by atoms with Crippen molar-refractivity contribution in [1.29, 1.82) is 0 Å². The summed E-state index contributed by atoms with van der Waals surface area (Å²) in [5, 5.41) is 11.4. The zero-order chi connectivity index (χ0) is 20.5. The van der Waals surface area contributed by atoms with E-state index in [2.05, 4.69) is 51.9 Å². The average Bonchev–Trinajstić information content (AvgIpc) is 3.08. The number of benzene rings is 1. The Kier molecular flexibility index (Phi) is 10.6. The lowest BCUT2D eigenvalue weighted by molar-refractivity contribution is -0.0320.